The molecule has 0 fully saturated rings. The van der Waals surface area contributed by atoms with E-state index in [1.165, 1.54) is 36.4 Å². The van der Waals surface area contributed by atoms with Gasteiger partial charge in [0.1, 0.15) is 11.6 Å². The van der Waals surface area contributed by atoms with E-state index in [1.54, 1.807) is 48.5 Å². The number of azo groups is 1. The van der Waals surface area contributed by atoms with E-state index in [4.69, 9.17) is 0 Å². The average molecular weight is 398 g/mol. The molecule has 5 heteroatoms. The molecule has 0 amide bonds. The van der Waals surface area contributed by atoms with Gasteiger partial charge in [-0.25, -0.2) is 8.78 Å². The molecule has 0 aliphatic carbocycles. The zero-order valence-electron chi connectivity index (χ0n) is 15.8. The molecule has 0 N–H and O–H groups in total. The van der Waals surface area contributed by atoms with Crippen LogP contribution in [0.1, 0.15) is 15.9 Å². The van der Waals surface area contributed by atoms with Crippen LogP contribution >= 0.6 is 0 Å². The van der Waals surface area contributed by atoms with Crippen LogP contribution in [-0.2, 0) is 0 Å². The lowest BCUT2D eigenvalue weighted by Crippen LogP contribution is -2.04. The molecule has 0 saturated carbocycles. The molecule has 0 unspecified atom stereocenters. The van der Waals surface area contributed by atoms with Crippen molar-refractivity contribution in [1.82, 2.24) is 0 Å². The topological polar surface area (TPSA) is 41.8 Å². The average Bonchev–Trinajstić information content (AvgIpc) is 2.79. The summed E-state index contributed by atoms with van der Waals surface area (Å²) in [5.41, 5.74) is 2.91. The van der Waals surface area contributed by atoms with Crippen LogP contribution in [0.25, 0.3) is 11.1 Å². The Bertz CT molecular complexity index is 1220. The lowest BCUT2D eigenvalue weighted by Gasteiger charge is -2.11. The number of rotatable bonds is 5. The van der Waals surface area contributed by atoms with Crippen molar-refractivity contribution in [1.29, 1.82) is 0 Å². The second kappa shape index (κ2) is 8.57. The number of benzene rings is 4. The molecule has 4 aromatic carbocycles. The van der Waals surface area contributed by atoms with Crippen LogP contribution in [-0.4, -0.2) is 5.78 Å². The monoisotopic (exact) mass is 398 g/mol. The highest BCUT2D eigenvalue weighted by molar-refractivity contribution is 6.13. The smallest absolute Gasteiger partial charge is 0.193 e. The van der Waals surface area contributed by atoms with Gasteiger partial charge in [-0.2, -0.15) is 5.11 Å². The Hall–Kier alpha value is -3.99. The third-order valence-electron chi connectivity index (χ3n) is 4.56. The molecule has 0 spiro atoms. The van der Waals surface area contributed by atoms with E-state index in [9.17, 15) is 13.6 Å². The van der Waals surface area contributed by atoms with Crippen LogP contribution in [0.2, 0.25) is 0 Å². The molecular weight excluding hydrogens is 382 g/mol. The predicted octanol–water partition coefficient (Wildman–Crippen LogP) is 7.28. The Balaban J connectivity index is 1.78. The normalized spacial score (nSPS) is 11.0. The van der Waals surface area contributed by atoms with Gasteiger partial charge in [0.2, 0.25) is 0 Å². The largest absolute Gasteiger partial charge is 0.289 e. The van der Waals surface area contributed by atoms with Crippen LogP contribution < -0.4 is 0 Å². The van der Waals surface area contributed by atoms with Crippen molar-refractivity contribution in [2.24, 2.45) is 10.2 Å². The summed E-state index contributed by atoms with van der Waals surface area (Å²) in [4.78, 5) is 13.1. The van der Waals surface area contributed by atoms with Crippen LogP contribution in [0.3, 0.4) is 0 Å². The zero-order valence-corrected chi connectivity index (χ0v) is 15.8. The molecule has 146 valence electrons. The number of halogens is 2. The number of carbonyl (C=O) groups excluding carboxylic acids is 1. The van der Waals surface area contributed by atoms with Crippen molar-refractivity contribution in [3.8, 4) is 11.1 Å². The van der Waals surface area contributed by atoms with E-state index in [1.807, 2.05) is 12.1 Å². The number of nitrogens with zero attached hydrogens (tertiary/aromatic N) is 2. The minimum Gasteiger partial charge on any atom is -0.289 e. The van der Waals surface area contributed by atoms with E-state index in [-0.39, 0.29) is 17.2 Å². The third kappa shape index (κ3) is 4.20. The van der Waals surface area contributed by atoms with Crippen molar-refractivity contribution in [3.63, 3.8) is 0 Å². The maximum absolute atomic E-state index is 14.0. The number of carbonyl (C=O) groups is 1. The zero-order chi connectivity index (χ0) is 20.9. The highest BCUT2D eigenvalue weighted by Crippen LogP contribution is 2.35. The maximum atomic E-state index is 14.0. The molecule has 0 heterocycles. The standard InChI is InChI=1S/C25H16F2N2O/c26-18-10-13-20(14-11-18)28-29-24-9-5-4-8-22(24)21-15-12-19(27)16-23(21)25(30)17-6-2-1-3-7-17/h1-16H. The first kappa shape index (κ1) is 19.3. The molecule has 3 nitrogen and oxygen atoms in total. The molecule has 30 heavy (non-hydrogen) atoms. The van der Waals surface area contributed by atoms with Gasteiger partial charge >= 0.3 is 0 Å². The van der Waals surface area contributed by atoms with Crippen LogP contribution in [0.4, 0.5) is 20.2 Å². The summed E-state index contributed by atoms with van der Waals surface area (Å²) in [7, 11) is 0. The van der Waals surface area contributed by atoms with Crippen molar-refractivity contribution in [3.05, 3.63) is 120 Å². The Morgan fingerprint density at radius 3 is 2.07 bits per heavy atom. The van der Waals surface area contributed by atoms with Gasteiger partial charge in [0.05, 0.1) is 11.4 Å². The van der Waals surface area contributed by atoms with Gasteiger partial charge in [0.25, 0.3) is 0 Å². The first-order valence-corrected chi connectivity index (χ1v) is 9.28. The number of ketones is 1. The summed E-state index contributed by atoms with van der Waals surface area (Å²) in [6.07, 6.45) is 0. The van der Waals surface area contributed by atoms with Gasteiger partial charge in [-0.3, -0.25) is 4.79 Å². The van der Waals surface area contributed by atoms with Gasteiger partial charge in [-0.15, -0.1) is 5.11 Å². The van der Waals surface area contributed by atoms with Gasteiger partial charge in [-0.05, 0) is 48.0 Å². The molecule has 4 aromatic rings. The fourth-order valence-corrected chi connectivity index (χ4v) is 3.09. The van der Waals surface area contributed by atoms with Gasteiger partial charge < -0.3 is 0 Å². The fourth-order valence-electron chi connectivity index (χ4n) is 3.09. The third-order valence-corrected chi connectivity index (χ3v) is 4.56. The van der Waals surface area contributed by atoms with E-state index < -0.39 is 5.82 Å². The minimum atomic E-state index is -0.497. The second-order valence-electron chi connectivity index (χ2n) is 6.58. The molecule has 0 aromatic heterocycles. The summed E-state index contributed by atoms with van der Waals surface area (Å²) >= 11 is 0. The molecule has 0 radical (unpaired) electrons. The van der Waals surface area contributed by atoms with Crippen LogP contribution in [0.5, 0.6) is 0 Å². The van der Waals surface area contributed by atoms with Crippen molar-refractivity contribution in [2.75, 3.05) is 0 Å². The van der Waals surface area contributed by atoms with Crippen LogP contribution in [0.15, 0.2) is 107 Å². The van der Waals surface area contributed by atoms with Crippen LogP contribution in [0, 0.1) is 11.6 Å². The molecule has 0 aliphatic heterocycles. The van der Waals surface area contributed by atoms with Crippen molar-refractivity contribution in [2.45, 2.75) is 0 Å². The Kier molecular flexibility index (Phi) is 5.52. The van der Waals surface area contributed by atoms with E-state index in [0.717, 1.165) is 0 Å². The Morgan fingerprint density at radius 2 is 1.30 bits per heavy atom. The van der Waals surface area contributed by atoms with Crippen molar-refractivity contribution < 1.29 is 13.6 Å². The maximum Gasteiger partial charge on any atom is 0.193 e. The highest BCUT2D eigenvalue weighted by Gasteiger charge is 2.17. The van der Waals surface area contributed by atoms with Gasteiger partial charge in [-0.1, -0.05) is 54.6 Å². The summed E-state index contributed by atoms with van der Waals surface area (Å²) in [6.45, 7) is 0. The SMILES string of the molecule is O=C(c1ccccc1)c1cc(F)ccc1-c1ccccc1N=Nc1ccc(F)cc1. The number of hydrogen-bond donors (Lipinski definition) is 0. The molecule has 0 bridgehead atoms. The van der Waals surface area contributed by atoms with Crippen molar-refractivity contribution >= 4 is 17.2 Å². The Morgan fingerprint density at radius 1 is 0.633 bits per heavy atom. The quantitative estimate of drug-likeness (QED) is 0.257. The summed E-state index contributed by atoms with van der Waals surface area (Å²) < 4.78 is 27.1. The first-order valence-electron chi connectivity index (χ1n) is 9.28. The summed E-state index contributed by atoms with van der Waals surface area (Å²) in [5, 5.41) is 8.43. The molecule has 4 rings (SSSR count). The lowest BCUT2D eigenvalue weighted by molar-refractivity contribution is 0.103. The number of hydrogen-bond acceptors (Lipinski definition) is 3. The highest BCUT2D eigenvalue weighted by atomic mass is 19.1. The summed E-state index contributed by atoms with van der Waals surface area (Å²) in [5.74, 6) is -1.14. The second-order valence-corrected chi connectivity index (χ2v) is 6.58. The molecular formula is C25H16F2N2O. The molecule has 0 atom stereocenters. The first-order chi connectivity index (χ1) is 14.6. The van der Waals surface area contributed by atoms with E-state index in [2.05, 4.69) is 10.2 Å². The van der Waals surface area contributed by atoms with Gasteiger partial charge in [0.15, 0.2) is 5.78 Å². The van der Waals surface area contributed by atoms with E-state index in [0.29, 0.717) is 28.1 Å². The Labute approximate surface area is 172 Å². The summed E-state index contributed by atoms with van der Waals surface area (Å²) in [6, 6.07) is 25.6. The lowest BCUT2D eigenvalue weighted by atomic mass is 9.93. The van der Waals surface area contributed by atoms with E-state index >= 15 is 0 Å². The minimum absolute atomic E-state index is 0.241. The predicted molar refractivity (Wildman–Crippen MR) is 112 cm³/mol. The molecule has 0 aliphatic rings. The molecule has 0 saturated heterocycles. The fraction of sp³-hybridized carbons (Fsp3) is 0. The van der Waals surface area contributed by atoms with Gasteiger partial charge in [0, 0.05) is 16.7 Å².